The van der Waals surface area contributed by atoms with Gasteiger partial charge in [-0.1, -0.05) is 6.07 Å². The summed E-state index contributed by atoms with van der Waals surface area (Å²) in [5.41, 5.74) is 5.05. The number of benzene rings is 2. The van der Waals surface area contributed by atoms with Gasteiger partial charge in [0.2, 0.25) is 0 Å². The summed E-state index contributed by atoms with van der Waals surface area (Å²) in [6, 6.07) is 9.82. The fourth-order valence-electron chi connectivity index (χ4n) is 2.82. The molecule has 1 aliphatic rings. The molecule has 0 spiro atoms. The van der Waals surface area contributed by atoms with Gasteiger partial charge in [-0.25, -0.2) is 0 Å². The largest absolute Gasteiger partial charge is 0.508 e. The van der Waals surface area contributed by atoms with E-state index in [1.807, 2.05) is 0 Å². The van der Waals surface area contributed by atoms with Crippen LogP contribution in [0.5, 0.6) is 5.75 Å². The number of alkyl halides is 3. The second kappa shape index (κ2) is 7.90. The number of phenols is 1. The highest BCUT2D eigenvalue weighted by atomic mass is 19.4. The lowest BCUT2D eigenvalue weighted by atomic mass is 10.1. The fourth-order valence-corrected chi connectivity index (χ4v) is 2.82. The number of halogens is 3. The quantitative estimate of drug-likeness (QED) is 0.524. The third-order valence-corrected chi connectivity index (χ3v) is 4.30. The van der Waals surface area contributed by atoms with Gasteiger partial charge in [0, 0.05) is 11.3 Å². The number of hydrogen-bond donors (Lipinski definition) is 3. The van der Waals surface area contributed by atoms with E-state index >= 15 is 0 Å². The van der Waals surface area contributed by atoms with Crippen LogP contribution in [0.2, 0.25) is 0 Å². The molecule has 0 saturated heterocycles. The van der Waals surface area contributed by atoms with Crippen LogP contribution in [-0.4, -0.2) is 22.6 Å². The molecule has 0 unspecified atom stereocenters. The van der Waals surface area contributed by atoms with Crippen LogP contribution < -0.4 is 15.9 Å². The molecular formula is C20H17F3N4O3. The first-order chi connectivity index (χ1) is 14.1. The molecule has 0 aliphatic carbocycles. The minimum Gasteiger partial charge on any atom is -0.508 e. The number of allylic oxidation sites excluding steroid dienone is 1. The number of aromatic hydroxyl groups is 1. The molecule has 0 bridgehead atoms. The summed E-state index contributed by atoms with van der Waals surface area (Å²) in [7, 11) is 0. The lowest BCUT2D eigenvalue weighted by Gasteiger charge is -2.15. The highest BCUT2D eigenvalue weighted by Gasteiger charge is 2.34. The Kier molecular flexibility index (Phi) is 5.50. The first-order valence-electron chi connectivity index (χ1n) is 8.71. The normalized spacial score (nSPS) is 15.7. The zero-order valence-electron chi connectivity index (χ0n) is 15.9. The summed E-state index contributed by atoms with van der Waals surface area (Å²) in [6.07, 6.45) is -4.55. The molecule has 2 aromatic rings. The molecule has 10 heteroatoms. The lowest BCUT2D eigenvalue weighted by Crippen LogP contribution is -2.37. The molecule has 3 N–H and O–H groups in total. The molecule has 3 rings (SSSR count). The van der Waals surface area contributed by atoms with Gasteiger partial charge in [-0.05, 0) is 56.3 Å². The van der Waals surface area contributed by atoms with Crippen molar-refractivity contribution in [1.29, 1.82) is 0 Å². The standard InChI is InChI=1S/C20H17F3N4O3/c1-11(24-25-18(29)13-6-8-16(28)9-7-13)17-12(2)26-27(19(17)30)15-5-3-4-14(10-15)20(21,22)23/h3-10,24,28H,1-2H3,(H,25,29)/b17-11-. The predicted molar refractivity (Wildman–Crippen MR) is 103 cm³/mol. The van der Waals surface area contributed by atoms with E-state index in [2.05, 4.69) is 16.0 Å². The maximum atomic E-state index is 13.0. The average molecular weight is 418 g/mol. The Bertz CT molecular complexity index is 1060. The molecule has 2 amide bonds. The van der Waals surface area contributed by atoms with Crippen LogP contribution in [0.3, 0.4) is 0 Å². The molecule has 30 heavy (non-hydrogen) atoms. The number of rotatable bonds is 4. The molecule has 0 atom stereocenters. The van der Waals surface area contributed by atoms with Gasteiger partial charge in [-0.15, -0.1) is 0 Å². The van der Waals surface area contributed by atoms with Crippen molar-refractivity contribution in [3.8, 4) is 5.75 Å². The number of carbonyl (C=O) groups is 2. The number of nitrogens with one attached hydrogen (secondary N) is 2. The molecule has 0 aromatic heterocycles. The molecule has 1 heterocycles. The highest BCUT2D eigenvalue weighted by molar-refractivity contribution is 6.30. The number of hydrogen-bond acceptors (Lipinski definition) is 5. The maximum absolute atomic E-state index is 13.0. The predicted octanol–water partition coefficient (Wildman–Crippen LogP) is 3.34. The lowest BCUT2D eigenvalue weighted by molar-refractivity contribution is -0.137. The van der Waals surface area contributed by atoms with Crippen molar-refractivity contribution in [2.45, 2.75) is 20.0 Å². The Hall–Kier alpha value is -3.82. The third-order valence-electron chi connectivity index (χ3n) is 4.30. The van der Waals surface area contributed by atoms with E-state index in [1.54, 1.807) is 0 Å². The van der Waals surface area contributed by atoms with E-state index in [4.69, 9.17) is 0 Å². The first kappa shape index (κ1) is 20.9. The summed E-state index contributed by atoms with van der Waals surface area (Å²) in [4.78, 5) is 24.9. The highest BCUT2D eigenvalue weighted by Crippen LogP contribution is 2.33. The van der Waals surface area contributed by atoms with Crippen LogP contribution in [0.25, 0.3) is 0 Å². The summed E-state index contributed by atoms with van der Waals surface area (Å²) >= 11 is 0. The van der Waals surface area contributed by atoms with Gasteiger partial charge >= 0.3 is 6.18 Å². The van der Waals surface area contributed by atoms with Crippen LogP contribution in [0.15, 0.2) is 64.9 Å². The Morgan fingerprint density at radius 3 is 2.40 bits per heavy atom. The van der Waals surface area contributed by atoms with E-state index < -0.39 is 23.6 Å². The van der Waals surface area contributed by atoms with Crippen molar-refractivity contribution < 1.29 is 27.9 Å². The average Bonchev–Trinajstić information content (AvgIpc) is 3.00. The third kappa shape index (κ3) is 4.27. The molecule has 0 saturated carbocycles. The second-order valence-corrected chi connectivity index (χ2v) is 6.48. The van der Waals surface area contributed by atoms with Gasteiger partial charge < -0.3 is 10.5 Å². The van der Waals surface area contributed by atoms with Gasteiger partial charge in [0.05, 0.1) is 22.5 Å². The maximum Gasteiger partial charge on any atom is 0.416 e. The number of anilines is 1. The molecule has 2 aromatic carbocycles. The fraction of sp³-hybridized carbons (Fsp3) is 0.150. The molecule has 1 aliphatic heterocycles. The van der Waals surface area contributed by atoms with Gasteiger partial charge in [-0.3, -0.25) is 15.0 Å². The minimum absolute atomic E-state index is 0.0101. The number of hydrazone groups is 1. The van der Waals surface area contributed by atoms with Crippen LogP contribution in [0.1, 0.15) is 29.8 Å². The monoisotopic (exact) mass is 418 g/mol. The van der Waals surface area contributed by atoms with E-state index in [1.165, 1.54) is 50.2 Å². The zero-order valence-corrected chi connectivity index (χ0v) is 15.9. The van der Waals surface area contributed by atoms with Crippen molar-refractivity contribution in [2.75, 3.05) is 5.01 Å². The smallest absolute Gasteiger partial charge is 0.416 e. The van der Waals surface area contributed by atoms with E-state index in [0.29, 0.717) is 0 Å². The Morgan fingerprint density at radius 2 is 1.77 bits per heavy atom. The molecule has 0 radical (unpaired) electrons. The van der Waals surface area contributed by atoms with Gasteiger partial charge in [0.15, 0.2) is 0 Å². The Labute approximate surface area is 169 Å². The number of nitrogens with zero attached hydrogens (tertiary/aromatic N) is 2. The van der Waals surface area contributed by atoms with Gasteiger partial charge in [0.1, 0.15) is 5.75 Å². The van der Waals surface area contributed by atoms with Crippen LogP contribution >= 0.6 is 0 Å². The van der Waals surface area contributed by atoms with E-state index in [-0.39, 0.29) is 34.0 Å². The number of amides is 2. The van der Waals surface area contributed by atoms with Crippen molar-refractivity contribution in [1.82, 2.24) is 10.9 Å². The topological polar surface area (TPSA) is 94.0 Å². The number of phenolic OH excluding ortho intramolecular Hbond substituents is 1. The summed E-state index contributed by atoms with van der Waals surface area (Å²) in [6.45, 7) is 3.06. The molecule has 7 nitrogen and oxygen atoms in total. The van der Waals surface area contributed by atoms with Crippen LogP contribution in [0, 0.1) is 0 Å². The number of hydrazine groups is 1. The van der Waals surface area contributed by atoms with Crippen LogP contribution in [0.4, 0.5) is 18.9 Å². The molecule has 0 fully saturated rings. The summed E-state index contributed by atoms with van der Waals surface area (Å²) in [5, 5.41) is 14.2. The van der Waals surface area contributed by atoms with Crippen LogP contribution in [-0.2, 0) is 11.0 Å². The van der Waals surface area contributed by atoms with Gasteiger partial charge in [-0.2, -0.15) is 23.3 Å². The van der Waals surface area contributed by atoms with Crippen molar-refractivity contribution in [3.63, 3.8) is 0 Å². The molecular weight excluding hydrogens is 401 g/mol. The summed E-state index contributed by atoms with van der Waals surface area (Å²) in [5.74, 6) is -1.13. The van der Waals surface area contributed by atoms with Crippen molar-refractivity contribution in [3.05, 3.63) is 70.9 Å². The Morgan fingerprint density at radius 1 is 1.10 bits per heavy atom. The van der Waals surface area contributed by atoms with Crippen molar-refractivity contribution >= 4 is 23.2 Å². The first-order valence-corrected chi connectivity index (χ1v) is 8.71. The molecule has 156 valence electrons. The van der Waals surface area contributed by atoms with E-state index in [9.17, 15) is 27.9 Å². The zero-order chi connectivity index (χ0) is 22.1. The Balaban J connectivity index is 1.78. The van der Waals surface area contributed by atoms with Gasteiger partial charge in [0.25, 0.3) is 11.8 Å². The second-order valence-electron chi connectivity index (χ2n) is 6.48. The van der Waals surface area contributed by atoms with Crippen molar-refractivity contribution in [2.24, 2.45) is 5.10 Å². The number of carbonyl (C=O) groups excluding carboxylic acids is 2. The summed E-state index contributed by atoms with van der Waals surface area (Å²) < 4.78 is 38.9. The minimum atomic E-state index is -4.55. The van der Waals surface area contributed by atoms with E-state index in [0.717, 1.165) is 17.1 Å². The SMILES string of the molecule is CC1=NN(c2cccc(C(F)(F)F)c2)C(=O)/C1=C(/C)NNC(=O)c1ccc(O)cc1.